The van der Waals surface area contributed by atoms with Crippen molar-refractivity contribution in [2.45, 2.75) is 70.7 Å². The number of nitrogens with zero attached hydrogens (tertiary/aromatic N) is 5. The lowest BCUT2D eigenvalue weighted by atomic mass is 9.75. The highest BCUT2D eigenvalue weighted by molar-refractivity contribution is 6.25. The van der Waals surface area contributed by atoms with Gasteiger partial charge in [-0.2, -0.15) is 5.26 Å². The Morgan fingerprint density at radius 3 is 2.65 bits per heavy atom. The van der Waals surface area contributed by atoms with E-state index in [4.69, 9.17) is 4.74 Å². The molecule has 1 aromatic heterocycles. The molecule has 4 heterocycles. The number of imide groups is 1. The van der Waals surface area contributed by atoms with E-state index >= 15 is 0 Å². The highest BCUT2D eigenvalue weighted by Crippen LogP contribution is 2.44. The second kappa shape index (κ2) is 8.72. The molecule has 2 aromatic rings. The van der Waals surface area contributed by atoms with Crippen LogP contribution in [0.15, 0.2) is 30.5 Å². The van der Waals surface area contributed by atoms with Gasteiger partial charge in [0.15, 0.2) is 0 Å². The van der Waals surface area contributed by atoms with Gasteiger partial charge in [0.05, 0.1) is 24.0 Å². The Kier molecular flexibility index (Phi) is 5.59. The number of benzene rings is 1. The standard InChI is InChI=1S/C28H31N5O4/c1-15(2)18-9-8-16(3)10-24(18)37-28(36)31-14-17-11-22(31)25-26(34)33(27(35)32(17)25)23-13-30-21(12-29)19-6-4-5-7-20(19)23/h4-7,13,15-18,22,24-25H,8-11,14H2,1-3H3/t16-,17?,18+,22?,24-,25+/m0/s1. The quantitative estimate of drug-likeness (QED) is 0.581. The summed E-state index contributed by atoms with van der Waals surface area (Å²) < 4.78 is 6.10. The average molecular weight is 502 g/mol. The summed E-state index contributed by atoms with van der Waals surface area (Å²) in [6.45, 7) is 6.92. The van der Waals surface area contributed by atoms with E-state index in [-0.39, 0.29) is 29.8 Å². The number of piperazine rings is 1. The molecule has 4 fully saturated rings. The van der Waals surface area contributed by atoms with E-state index in [0.29, 0.717) is 47.2 Å². The lowest BCUT2D eigenvalue weighted by Gasteiger charge is -2.39. The van der Waals surface area contributed by atoms with Crippen LogP contribution < -0.4 is 4.90 Å². The van der Waals surface area contributed by atoms with Crippen LogP contribution in [0.5, 0.6) is 0 Å². The molecule has 6 atom stereocenters. The molecule has 0 spiro atoms. The third-order valence-electron chi connectivity index (χ3n) is 8.83. The summed E-state index contributed by atoms with van der Waals surface area (Å²) in [6.07, 6.45) is 4.55. The molecule has 1 aliphatic carbocycles. The molecule has 9 nitrogen and oxygen atoms in total. The van der Waals surface area contributed by atoms with E-state index in [1.165, 1.54) is 11.1 Å². The first-order valence-electron chi connectivity index (χ1n) is 13.2. The van der Waals surface area contributed by atoms with E-state index in [9.17, 15) is 19.6 Å². The van der Waals surface area contributed by atoms with Crippen LogP contribution in [0, 0.1) is 29.1 Å². The van der Waals surface area contributed by atoms with Crippen molar-refractivity contribution < 1.29 is 19.1 Å². The fourth-order valence-electron chi connectivity index (χ4n) is 6.98. The number of urea groups is 1. The van der Waals surface area contributed by atoms with Crippen molar-refractivity contribution >= 4 is 34.5 Å². The van der Waals surface area contributed by atoms with Gasteiger partial charge in [0, 0.05) is 17.3 Å². The minimum absolute atomic E-state index is 0.125. The van der Waals surface area contributed by atoms with E-state index in [0.717, 1.165) is 19.3 Å². The smallest absolute Gasteiger partial charge is 0.410 e. The summed E-state index contributed by atoms with van der Waals surface area (Å²) in [5, 5.41) is 10.7. The van der Waals surface area contributed by atoms with Crippen molar-refractivity contribution in [3.05, 3.63) is 36.2 Å². The van der Waals surface area contributed by atoms with Crippen LogP contribution in [0.25, 0.3) is 10.8 Å². The van der Waals surface area contributed by atoms with Crippen molar-refractivity contribution in [1.29, 1.82) is 5.26 Å². The number of amides is 4. The zero-order valence-corrected chi connectivity index (χ0v) is 21.3. The van der Waals surface area contributed by atoms with Gasteiger partial charge in [0.25, 0.3) is 5.91 Å². The van der Waals surface area contributed by atoms with Gasteiger partial charge in [-0.15, -0.1) is 0 Å². The molecule has 6 rings (SSSR count). The van der Waals surface area contributed by atoms with E-state index in [2.05, 4.69) is 31.8 Å². The van der Waals surface area contributed by atoms with Gasteiger partial charge in [-0.05, 0) is 37.0 Å². The monoisotopic (exact) mass is 501 g/mol. The normalized spacial score (nSPS) is 30.8. The summed E-state index contributed by atoms with van der Waals surface area (Å²) >= 11 is 0. The van der Waals surface area contributed by atoms with Crippen molar-refractivity contribution in [3.63, 3.8) is 0 Å². The van der Waals surface area contributed by atoms with Crippen molar-refractivity contribution in [3.8, 4) is 6.07 Å². The molecular weight excluding hydrogens is 470 g/mol. The largest absolute Gasteiger partial charge is 0.446 e. The maximum absolute atomic E-state index is 13.7. The third-order valence-corrected chi connectivity index (χ3v) is 8.83. The molecule has 0 radical (unpaired) electrons. The van der Waals surface area contributed by atoms with Crippen LogP contribution in [0.3, 0.4) is 0 Å². The number of hydrogen-bond acceptors (Lipinski definition) is 6. The van der Waals surface area contributed by atoms with Gasteiger partial charge in [0.2, 0.25) is 0 Å². The predicted molar refractivity (Wildman–Crippen MR) is 135 cm³/mol. The molecule has 192 valence electrons. The molecule has 2 unspecified atom stereocenters. The highest BCUT2D eigenvalue weighted by atomic mass is 16.6. The van der Waals surface area contributed by atoms with Crippen LogP contribution >= 0.6 is 0 Å². The summed E-state index contributed by atoms with van der Waals surface area (Å²) in [4.78, 5) is 49.3. The second-order valence-electron chi connectivity index (χ2n) is 11.3. The summed E-state index contributed by atoms with van der Waals surface area (Å²) in [7, 11) is 0. The summed E-state index contributed by atoms with van der Waals surface area (Å²) in [5.74, 6) is 0.905. The van der Waals surface area contributed by atoms with E-state index in [1.54, 1.807) is 34.1 Å². The number of ether oxygens (including phenoxy) is 1. The van der Waals surface area contributed by atoms with Gasteiger partial charge >= 0.3 is 12.1 Å². The van der Waals surface area contributed by atoms with Crippen LogP contribution in [-0.2, 0) is 9.53 Å². The zero-order valence-electron chi connectivity index (χ0n) is 21.3. The molecule has 2 bridgehead atoms. The Morgan fingerprint density at radius 1 is 1.16 bits per heavy atom. The van der Waals surface area contributed by atoms with Crippen LogP contribution in [-0.4, -0.2) is 63.6 Å². The van der Waals surface area contributed by atoms with E-state index < -0.39 is 18.1 Å². The number of fused-ring (bicyclic) bond motifs is 6. The molecule has 3 aliphatic heterocycles. The number of carbonyl (C=O) groups excluding carboxylic acids is 3. The molecule has 0 N–H and O–H groups in total. The maximum Gasteiger partial charge on any atom is 0.410 e. The molecular formula is C28H31N5O4. The van der Waals surface area contributed by atoms with Gasteiger partial charge in [-0.25, -0.2) is 19.5 Å². The lowest BCUT2D eigenvalue weighted by molar-refractivity contribution is -0.121. The van der Waals surface area contributed by atoms with Crippen molar-refractivity contribution in [2.24, 2.45) is 17.8 Å². The molecule has 4 amide bonds. The highest BCUT2D eigenvalue weighted by Gasteiger charge is 2.63. The minimum Gasteiger partial charge on any atom is -0.446 e. The number of rotatable bonds is 3. The Bertz CT molecular complexity index is 1340. The number of likely N-dealkylation sites (tertiary alicyclic amines) is 1. The first-order chi connectivity index (χ1) is 17.8. The molecule has 1 saturated carbocycles. The topological polar surface area (TPSA) is 107 Å². The molecule has 9 heteroatoms. The fraction of sp³-hybridized carbons (Fsp3) is 0.536. The van der Waals surface area contributed by atoms with E-state index in [1.807, 2.05) is 0 Å². The molecule has 37 heavy (non-hydrogen) atoms. The van der Waals surface area contributed by atoms with Gasteiger partial charge in [0.1, 0.15) is 23.9 Å². The maximum atomic E-state index is 13.7. The number of pyridine rings is 1. The van der Waals surface area contributed by atoms with Crippen LogP contribution in [0.2, 0.25) is 0 Å². The van der Waals surface area contributed by atoms with Gasteiger partial charge < -0.3 is 14.5 Å². The van der Waals surface area contributed by atoms with Crippen LogP contribution in [0.1, 0.15) is 52.1 Å². The molecule has 3 saturated heterocycles. The number of hydrogen-bond donors (Lipinski definition) is 0. The fourth-order valence-corrected chi connectivity index (χ4v) is 6.98. The molecule has 4 aliphatic rings. The predicted octanol–water partition coefficient (Wildman–Crippen LogP) is 4.30. The average Bonchev–Trinajstić information content (AvgIpc) is 3.55. The Balaban J connectivity index is 1.26. The SMILES string of the molecule is CC(C)[C@H]1CC[C@H](C)C[C@@H]1OC(=O)N1CC2CC1[C@@H]1C(=O)N(c3cnc(C#N)c4ccccc34)C(=O)N21. The van der Waals surface area contributed by atoms with Crippen LogP contribution in [0.4, 0.5) is 15.3 Å². The molecule has 1 aromatic carbocycles. The Morgan fingerprint density at radius 2 is 1.92 bits per heavy atom. The van der Waals surface area contributed by atoms with Gasteiger partial charge in [-0.3, -0.25) is 4.79 Å². The number of anilines is 1. The zero-order chi connectivity index (χ0) is 26.0. The second-order valence-corrected chi connectivity index (χ2v) is 11.3. The first kappa shape index (κ1) is 23.7. The summed E-state index contributed by atoms with van der Waals surface area (Å²) in [5.41, 5.74) is 0.605. The van der Waals surface area contributed by atoms with Gasteiger partial charge in [-0.1, -0.05) is 51.5 Å². The third kappa shape index (κ3) is 3.57. The van der Waals surface area contributed by atoms with Crippen molar-refractivity contribution in [1.82, 2.24) is 14.8 Å². The number of aromatic nitrogens is 1. The lowest BCUT2D eigenvalue weighted by Crippen LogP contribution is -2.55. The van der Waals surface area contributed by atoms with Crippen molar-refractivity contribution in [2.75, 3.05) is 11.4 Å². The summed E-state index contributed by atoms with van der Waals surface area (Å²) in [6, 6.07) is 7.44. The Labute approximate surface area is 216 Å². The number of carbonyl (C=O) groups is 3. The minimum atomic E-state index is -0.737. The Hall–Kier alpha value is -3.67. The first-order valence-corrected chi connectivity index (χ1v) is 13.2. The number of nitriles is 1.